The van der Waals surface area contributed by atoms with Gasteiger partial charge in [-0.3, -0.25) is 4.79 Å². The predicted molar refractivity (Wildman–Crippen MR) is 110 cm³/mol. The molecule has 2 fully saturated rings. The van der Waals surface area contributed by atoms with Crippen LogP contribution in [0.5, 0.6) is 5.75 Å². The average Bonchev–Trinajstić information content (AvgIpc) is 2.69. The second kappa shape index (κ2) is 9.77. The number of ether oxygens (including phenoxy) is 1. The summed E-state index contributed by atoms with van der Waals surface area (Å²) in [6.45, 7) is 2.29. The topological polar surface area (TPSA) is 29.5 Å². The molecule has 0 aliphatic heterocycles. The number of carbonyl (C=O) groups excluding carboxylic acids is 1. The van der Waals surface area contributed by atoms with E-state index in [-0.39, 0.29) is 12.5 Å². The zero-order valence-corrected chi connectivity index (χ0v) is 17.6. The summed E-state index contributed by atoms with van der Waals surface area (Å²) in [4.78, 5) is 15.4. The molecule has 1 aromatic rings. The number of hydrogen-bond donors (Lipinski definition) is 0. The van der Waals surface area contributed by atoms with Gasteiger partial charge in [0.2, 0.25) is 0 Å². The van der Waals surface area contributed by atoms with Crippen LogP contribution < -0.4 is 4.74 Å². The molecular formula is C22H32BrNO2. The SMILES string of the molecule is CCc1ccc(OCC(=O)N(C2CCCCC2)C2CCCCC2)c(Br)c1. The number of halogens is 1. The van der Waals surface area contributed by atoms with Gasteiger partial charge in [0.25, 0.3) is 5.91 Å². The summed E-state index contributed by atoms with van der Waals surface area (Å²) < 4.78 is 6.86. The van der Waals surface area contributed by atoms with Gasteiger partial charge in [-0.15, -0.1) is 0 Å². The minimum Gasteiger partial charge on any atom is -0.483 e. The van der Waals surface area contributed by atoms with Gasteiger partial charge in [0.15, 0.2) is 6.61 Å². The van der Waals surface area contributed by atoms with Crippen LogP contribution in [0.15, 0.2) is 22.7 Å². The van der Waals surface area contributed by atoms with Crippen molar-refractivity contribution in [2.75, 3.05) is 6.61 Å². The lowest BCUT2D eigenvalue weighted by atomic mass is 9.88. The van der Waals surface area contributed by atoms with Gasteiger partial charge in [-0.2, -0.15) is 0 Å². The van der Waals surface area contributed by atoms with Crippen molar-refractivity contribution in [3.05, 3.63) is 28.2 Å². The normalized spacial score (nSPS) is 19.3. The van der Waals surface area contributed by atoms with Gasteiger partial charge < -0.3 is 9.64 Å². The summed E-state index contributed by atoms with van der Waals surface area (Å²) in [5, 5.41) is 0. The van der Waals surface area contributed by atoms with Crippen molar-refractivity contribution in [2.45, 2.75) is 89.6 Å². The Labute approximate surface area is 166 Å². The molecule has 0 N–H and O–H groups in total. The number of amides is 1. The Morgan fingerprint density at radius 3 is 2.12 bits per heavy atom. The van der Waals surface area contributed by atoms with Crippen LogP contribution in [0.3, 0.4) is 0 Å². The van der Waals surface area contributed by atoms with Gasteiger partial charge in [-0.1, -0.05) is 51.5 Å². The molecule has 144 valence electrons. The molecule has 4 heteroatoms. The molecule has 0 aromatic heterocycles. The molecule has 1 aromatic carbocycles. The standard InChI is InChI=1S/C22H32BrNO2/c1-2-17-13-14-21(20(23)15-17)26-16-22(25)24(18-9-5-3-6-10-18)19-11-7-4-8-12-19/h13-15,18-19H,2-12,16H2,1H3. The van der Waals surface area contributed by atoms with E-state index < -0.39 is 0 Å². The van der Waals surface area contributed by atoms with Crippen LogP contribution in [0, 0.1) is 0 Å². The number of benzene rings is 1. The summed E-state index contributed by atoms with van der Waals surface area (Å²) >= 11 is 3.58. The Bertz CT molecular complexity index is 574. The fourth-order valence-electron chi connectivity index (χ4n) is 4.52. The third kappa shape index (κ3) is 5.03. The zero-order valence-electron chi connectivity index (χ0n) is 16.0. The van der Waals surface area contributed by atoms with Crippen LogP contribution in [0.1, 0.15) is 76.7 Å². The van der Waals surface area contributed by atoms with Crippen LogP contribution in [0.4, 0.5) is 0 Å². The average molecular weight is 422 g/mol. The smallest absolute Gasteiger partial charge is 0.261 e. The highest BCUT2D eigenvalue weighted by atomic mass is 79.9. The van der Waals surface area contributed by atoms with E-state index in [0.717, 1.165) is 42.3 Å². The van der Waals surface area contributed by atoms with E-state index in [0.29, 0.717) is 12.1 Å². The predicted octanol–water partition coefficient (Wildman–Crippen LogP) is 5.88. The van der Waals surface area contributed by atoms with Crippen molar-refractivity contribution < 1.29 is 9.53 Å². The first kappa shape index (κ1) is 19.7. The van der Waals surface area contributed by atoms with Crippen molar-refractivity contribution >= 4 is 21.8 Å². The molecule has 0 bridgehead atoms. The third-order valence-electron chi connectivity index (χ3n) is 5.98. The van der Waals surface area contributed by atoms with E-state index >= 15 is 0 Å². The molecule has 1 amide bonds. The Morgan fingerprint density at radius 1 is 1.04 bits per heavy atom. The number of carbonyl (C=O) groups is 1. The minimum absolute atomic E-state index is 0.150. The number of rotatable bonds is 6. The lowest BCUT2D eigenvalue weighted by Crippen LogP contribution is -2.50. The van der Waals surface area contributed by atoms with Crippen LogP contribution >= 0.6 is 15.9 Å². The summed E-state index contributed by atoms with van der Waals surface area (Å²) in [5.41, 5.74) is 1.27. The van der Waals surface area contributed by atoms with E-state index in [1.165, 1.54) is 44.1 Å². The lowest BCUT2D eigenvalue weighted by molar-refractivity contribution is -0.140. The van der Waals surface area contributed by atoms with Crippen molar-refractivity contribution in [2.24, 2.45) is 0 Å². The molecule has 0 spiro atoms. The van der Waals surface area contributed by atoms with Crippen molar-refractivity contribution in [1.82, 2.24) is 4.90 Å². The Kier molecular flexibility index (Phi) is 7.42. The van der Waals surface area contributed by atoms with Gasteiger partial charge in [0.05, 0.1) is 4.47 Å². The lowest BCUT2D eigenvalue weighted by Gasteiger charge is -2.41. The second-order valence-electron chi connectivity index (χ2n) is 7.79. The molecule has 0 atom stereocenters. The molecule has 2 saturated carbocycles. The highest BCUT2D eigenvalue weighted by Gasteiger charge is 2.32. The van der Waals surface area contributed by atoms with Crippen LogP contribution in [0.2, 0.25) is 0 Å². The number of hydrogen-bond acceptors (Lipinski definition) is 2. The summed E-state index contributed by atoms with van der Waals surface area (Å²) in [6, 6.07) is 6.98. The molecule has 3 rings (SSSR count). The highest BCUT2D eigenvalue weighted by molar-refractivity contribution is 9.10. The largest absolute Gasteiger partial charge is 0.483 e. The maximum Gasteiger partial charge on any atom is 0.261 e. The van der Waals surface area contributed by atoms with Crippen LogP contribution in [-0.4, -0.2) is 29.5 Å². The van der Waals surface area contributed by atoms with E-state index in [1.54, 1.807) is 0 Å². The first-order valence-electron chi connectivity index (χ1n) is 10.4. The molecule has 0 heterocycles. The van der Waals surface area contributed by atoms with Gasteiger partial charge in [-0.05, 0) is 65.7 Å². The van der Waals surface area contributed by atoms with Gasteiger partial charge in [-0.25, -0.2) is 0 Å². The first-order chi connectivity index (χ1) is 12.7. The molecule has 0 unspecified atom stereocenters. The van der Waals surface area contributed by atoms with Crippen molar-refractivity contribution in [3.8, 4) is 5.75 Å². The van der Waals surface area contributed by atoms with E-state index in [9.17, 15) is 4.79 Å². The van der Waals surface area contributed by atoms with Crippen LogP contribution in [-0.2, 0) is 11.2 Å². The first-order valence-corrected chi connectivity index (χ1v) is 11.2. The molecular weight excluding hydrogens is 390 g/mol. The molecule has 2 aliphatic rings. The van der Waals surface area contributed by atoms with Crippen molar-refractivity contribution in [1.29, 1.82) is 0 Å². The van der Waals surface area contributed by atoms with Gasteiger partial charge in [0.1, 0.15) is 5.75 Å². The highest BCUT2D eigenvalue weighted by Crippen LogP contribution is 2.31. The van der Waals surface area contributed by atoms with Gasteiger partial charge in [0, 0.05) is 12.1 Å². The quantitative estimate of drug-likeness (QED) is 0.573. The minimum atomic E-state index is 0.150. The molecule has 2 aliphatic carbocycles. The van der Waals surface area contributed by atoms with Crippen molar-refractivity contribution in [3.63, 3.8) is 0 Å². The monoisotopic (exact) mass is 421 g/mol. The second-order valence-corrected chi connectivity index (χ2v) is 8.65. The maximum absolute atomic E-state index is 13.1. The molecule has 26 heavy (non-hydrogen) atoms. The van der Waals surface area contributed by atoms with E-state index in [1.807, 2.05) is 6.07 Å². The zero-order chi connectivity index (χ0) is 18.4. The Balaban J connectivity index is 1.66. The molecule has 0 saturated heterocycles. The fourth-order valence-corrected chi connectivity index (χ4v) is 5.06. The molecule has 3 nitrogen and oxygen atoms in total. The Morgan fingerprint density at radius 2 is 1.62 bits per heavy atom. The maximum atomic E-state index is 13.1. The summed E-state index contributed by atoms with van der Waals surface area (Å²) in [7, 11) is 0. The Hall–Kier alpha value is -1.03. The summed E-state index contributed by atoms with van der Waals surface area (Å²) in [5.74, 6) is 0.943. The van der Waals surface area contributed by atoms with Gasteiger partial charge >= 0.3 is 0 Å². The number of aryl methyl sites for hydroxylation is 1. The fraction of sp³-hybridized carbons (Fsp3) is 0.682. The summed E-state index contributed by atoms with van der Waals surface area (Å²) in [6.07, 6.45) is 13.3. The third-order valence-corrected chi connectivity index (χ3v) is 6.60. The van der Waals surface area contributed by atoms with E-state index in [4.69, 9.17) is 4.74 Å². The number of nitrogens with zero attached hydrogens (tertiary/aromatic N) is 1. The van der Waals surface area contributed by atoms with E-state index in [2.05, 4.69) is 39.9 Å². The van der Waals surface area contributed by atoms with Crippen LogP contribution in [0.25, 0.3) is 0 Å². The molecule has 0 radical (unpaired) electrons.